The van der Waals surface area contributed by atoms with E-state index in [1.165, 1.54) is 42.0 Å². The molecule has 0 aliphatic heterocycles. The van der Waals surface area contributed by atoms with Gasteiger partial charge in [-0.3, -0.25) is 4.98 Å². The highest BCUT2D eigenvalue weighted by Gasteiger charge is 2.59. The SMILES string of the molecule is [O-][n+]1ccc(CC(c2ccc(C(O)(c3nccs3)C(F)(F)F)nc2)c2ccc(OC(F)F)c(OC(F)F)c2)cc1. The Kier molecular flexibility index (Phi) is 8.44. The number of halogens is 7. The van der Waals surface area contributed by atoms with E-state index in [1.807, 2.05) is 0 Å². The molecule has 0 spiro atoms. The number of hydrogen-bond donors (Lipinski definition) is 1. The van der Waals surface area contributed by atoms with Crippen LogP contribution in [0, 0.1) is 5.21 Å². The molecule has 40 heavy (non-hydrogen) atoms. The van der Waals surface area contributed by atoms with E-state index in [0.29, 0.717) is 21.6 Å². The van der Waals surface area contributed by atoms with Crippen molar-refractivity contribution in [2.75, 3.05) is 0 Å². The molecule has 1 N–H and O–H groups in total. The van der Waals surface area contributed by atoms with E-state index in [2.05, 4.69) is 19.4 Å². The zero-order valence-electron chi connectivity index (χ0n) is 19.9. The summed E-state index contributed by atoms with van der Waals surface area (Å²) in [4.78, 5) is 7.47. The van der Waals surface area contributed by atoms with Gasteiger partial charge >= 0.3 is 19.4 Å². The predicted octanol–water partition coefficient (Wildman–Crippen LogP) is 5.55. The lowest BCUT2D eigenvalue weighted by Gasteiger charge is -2.28. The third-order valence-electron chi connectivity index (χ3n) is 5.82. The summed E-state index contributed by atoms with van der Waals surface area (Å²) in [6.07, 6.45) is -0.503. The molecule has 0 saturated heterocycles. The minimum Gasteiger partial charge on any atom is -0.619 e. The fraction of sp³-hybridized carbons (Fsp3) is 0.240. The van der Waals surface area contributed by atoms with Gasteiger partial charge in [-0.15, -0.1) is 11.3 Å². The number of nitrogens with zero attached hydrogens (tertiary/aromatic N) is 3. The summed E-state index contributed by atoms with van der Waals surface area (Å²) < 4.78 is 103. The van der Waals surface area contributed by atoms with Crippen molar-refractivity contribution >= 4 is 11.3 Å². The third-order valence-corrected chi connectivity index (χ3v) is 6.71. The van der Waals surface area contributed by atoms with Crippen LogP contribution in [0.1, 0.15) is 33.3 Å². The van der Waals surface area contributed by atoms with Crippen LogP contribution in [-0.4, -0.2) is 34.5 Å². The largest absolute Gasteiger partial charge is 0.619 e. The number of aromatic nitrogens is 3. The van der Waals surface area contributed by atoms with E-state index in [4.69, 9.17) is 0 Å². The van der Waals surface area contributed by atoms with Crippen LogP contribution < -0.4 is 14.2 Å². The van der Waals surface area contributed by atoms with Crippen LogP contribution in [0.3, 0.4) is 0 Å². The summed E-state index contributed by atoms with van der Waals surface area (Å²) in [5, 5.41) is 22.8. The summed E-state index contributed by atoms with van der Waals surface area (Å²) in [6, 6.07) is 8.49. The summed E-state index contributed by atoms with van der Waals surface area (Å²) >= 11 is 0.585. The Bertz CT molecular complexity index is 1410. The molecule has 7 nitrogen and oxygen atoms in total. The highest BCUT2D eigenvalue weighted by molar-refractivity contribution is 7.09. The molecule has 0 saturated carbocycles. The van der Waals surface area contributed by atoms with Crippen LogP contribution >= 0.6 is 11.3 Å². The summed E-state index contributed by atoms with van der Waals surface area (Å²) in [5.41, 5.74) is -3.18. The Balaban J connectivity index is 1.79. The second kappa shape index (κ2) is 11.6. The molecule has 0 aliphatic carbocycles. The van der Waals surface area contributed by atoms with Crippen molar-refractivity contribution in [1.82, 2.24) is 9.97 Å². The molecule has 0 radical (unpaired) electrons. The van der Waals surface area contributed by atoms with Gasteiger partial charge in [0.25, 0.3) is 5.60 Å². The molecule has 4 rings (SSSR count). The standard InChI is InChI=1S/C25H18F7N3O4S/c26-22(27)38-18-3-1-15(12-19(18)39-23(28)29)17(11-14-5-8-35(37)9-6-14)16-2-4-20(34-13-16)24(36,25(30,31)32)21-33-7-10-40-21/h1-10,12-13,17,22-23,36H,11H2. The normalized spacial score (nSPS) is 14.2. The smallest absolute Gasteiger partial charge is 0.429 e. The first kappa shape index (κ1) is 29.0. The van der Waals surface area contributed by atoms with Gasteiger partial charge in [0.2, 0.25) is 0 Å². The van der Waals surface area contributed by atoms with Gasteiger partial charge in [0.05, 0.1) is 5.69 Å². The number of hydrogen-bond acceptors (Lipinski definition) is 7. The lowest BCUT2D eigenvalue weighted by Crippen LogP contribution is -2.44. The molecule has 0 fully saturated rings. The zero-order chi connectivity index (χ0) is 29.1. The Labute approximate surface area is 225 Å². The molecule has 0 amide bonds. The number of ether oxygens (including phenoxy) is 2. The van der Waals surface area contributed by atoms with Gasteiger partial charge in [0.15, 0.2) is 23.9 Å². The van der Waals surface area contributed by atoms with E-state index in [1.54, 1.807) is 0 Å². The van der Waals surface area contributed by atoms with Crippen LogP contribution in [0.15, 0.2) is 72.6 Å². The number of benzene rings is 1. The Hall–Kier alpha value is -3.98. The van der Waals surface area contributed by atoms with Crippen molar-refractivity contribution in [2.24, 2.45) is 0 Å². The van der Waals surface area contributed by atoms with Crippen LogP contribution in [-0.2, 0) is 12.0 Å². The van der Waals surface area contributed by atoms with E-state index in [0.717, 1.165) is 30.6 Å². The summed E-state index contributed by atoms with van der Waals surface area (Å²) in [6.45, 7) is -6.70. The number of aliphatic hydroxyl groups is 1. The quantitative estimate of drug-likeness (QED) is 0.148. The molecule has 0 bridgehead atoms. The van der Waals surface area contributed by atoms with Crippen molar-refractivity contribution in [2.45, 2.75) is 37.3 Å². The molecular formula is C25H18F7N3O4S. The van der Waals surface area contributed by atoms with Gasteiger partial charge < -0.3 is 19.8 Å². The maximum Gasteiger partial charge on any atom is 0.429 e. The van der Waals surface area contributed by atoms with Gasteiger partial charge in [-0.25, -0.2) is 4.98 Å². The molecule has 3 aromatic heterocycles. The second-order valence-corrected chi connectivity index (χ2v) is 9.20. The number of pyridine rings is 2. The molecular weight excluding hydrogens is 571 g/mol. The zero-order valence-corrected chi connectivity index (χ0v) is 20.8. The summed E-state index contributed by atoms with van der Waals surface area (Å²) in [5.74, 6) is -2.15. The number of rotatable bonds is 10. The van der Waals surface area contributed by atoms with Gasteiger partial charge in [-0.05, 0) is 41.3 Å². The fourth-order valence-corrected chi connectivity index (χ4v) is 4.73. The number of thiazole rings is 1. The van der Waals surface area contributed by atoms with Crippen LogP contribution in [0.4, 0.5) is 30.7 Å². The minimum atomic E-state index is -5.17. The molecule has 15 heteroatoms. The highest BCUT2D eigenvalue weighted by Crippen LogP contribution is 2.44. The van der Waals surface area contributed by atoms with E-state index in [9.17, 15) is 41.0 Å². The van der Waals surface area contributed by atoms with E-state index in [-0.39, 0.29) is 17.5 Å². The monoisotopic (exact) mass is 589 g/mol. The third kappa shape index (κ3) is 6.25. The lowest BCUT2D eigenvalue weighted by molar-refractivity contribution is -0.605. The summed E-state index contributed by atoms with van der Waals surface area (Å²) in [7, 11) is 0. The van der Waals surface area contributed by atoms with E-state index >= 15 is 0 Å². The lowest BCUT2D eigenvalue weighted by atomic mass is 9.86. The van der Waals surface area contributed by atoms with Crippen LogP contribution in [0.2, 0.25) is 0 Å². The molecule has 0 aliphatic rings. The molecule has 4 aromatic rings. The number of alkyl halides is 7. The van der Waals surface area contributed by atoms with Gasteiger partial charge in [0, 0.05) is 35.8 Å². The first-order valence-corrected chi connectivity index (χ1v) is 12.1. The maximum absolute atomic E-state index is 14.0. The first-order valence-electron chi connectivity index (χ1n) is 11.2. The molecule has 3 heterocycles. The average Bonchev–Trinajstić information content (AvgIpc) is 3.43. The van der Waals surface area contributed by atoms with Gasteiger partial charge in [-0.1, -0.05) is 12.1 Å². The predicted molar refractivity (Wildman–Crippen MR) is 126 cm³/mol. The van der Waals surface area contributed by atoms with Crippen molar-refractivity contribution < 1.29 is 50.0 Å². The molecule has 2 unspecified atom stereocenters. The first-order chi connectivity index (χ1) is 18.9. The van der Waals surface area contributed by atoms with Crippen LogP contribution in [0.5, 0.6) is 11.5 Å². The highest BCUT2D eigenvalue weighted by atomic mass is 32.1. The molecule has 2 atom stereocenters. The van der Waals surface area contributed by atoms with Crippen LogP contribution in [0.25, 0.3) is 0 Å². The van der Waals surface area contributed by atoms with E-state index < -0.39 is 53.1 Å². The second-order valence-electron chi connectivity index (χ2n) is 8.31. The Morgan fingerprint density at radius 1 is 0.900 bits per heavy atom. The van der Waals surface area contributed by atoms with Crippen molar-refractivity contribution in [1.29, 1.82) is 0 Å². The van der Waals surface area contributed by atoms with Crippen molar-refractivity contribution in [3.63, 3.8) is 0 Å². The Morgan fingerprint density at radius 3 is 2.10 bits per heavy atom. The van der Waals surface area contributed by atoms with Crippen molar-refractivity contribution in [3.8, 4) is 11.5 Å². The molecule has 1 aromatic carbocycles. The topological polar surface area (TPSA) is 91.4 Å². The van der Waals surface area contributed by atoms with Gasteiger partial charge in [-0.2, -0.15) is 35.5 Å². The molecule has 212 valence electrons. The average molecular weight is 589 g/mol. The maximum atomic E-state index is 14.0. The van der Waals surface area contributed by atoms with Gasteiger partial charge in [0.1, 0.15) is 5.01 Å². The Morgan fingerprint density at radius 2 is 1.55 bits per heavy atom. The van der Waals surface area contributed by atoms with Crippen molar-refractivity contribution in [3.05, 3.63) is 105 Å². The fourth-order valence-electron chi connectivity index (χ4n) is 3.97. The minimum absolute atomic E-state index is 0.0844.